The minimum absolute atomic E-state index is 0.235. The molecule has 0 spiro atoms. The number of hydrogen-bond acceptors (Lipinski definition) is 5. The number of aromatic nitrogens is 2. The first-order chi connectivity index (χ1) is 11.1. The van der Waals surface area contributed by atoms with Crippen LogP contribution in [0.5, 0.6) is 0 Å². The number of rotatable bonds is 4. The quantitative estimate of drug-likeness (QED) is 0.787. The molecule has 1 aromatic carbocycles. The van der Waals surface area contributed by atoms with Gasteiger partial charge in [-0.05, 0) is 49.4 Å². The van der Waals surface area contributed by atoms with E-state index in [4.69, 9.17) is 11.5 Å². The van der Waals surface area contributed by atoms with E-state index in [1.165, 1.54) is 10.1 Å². The highest BCUT2D eigenvalue weighted by molar-refractivity contribution is 5.36. The summed E-state index contributed by atoms with van der Waals surface area (Å²) in [5.41, 5.74) is 13.1. The number of nitrogens with two attached hydrogens (primary N) is 2. The van der Waals surface area contributed by atoms with Crippen LogP contribution in [-0.4, -0.2) is 21.6 Å². The average molecular weight is 313 g/mol. The van der Waals surface area contributed by atoms with Gasteiger partial charge < -0.3 is 16.8 Å². The van der Waals surface area contributed by atoms with Gasteiger partial charge in [0.25, 0.3) is 0 Å². The van der Waals surface area contributed by atoms with Gasteiger partial charge in [0, 0.05) is 24.8 Å². The largest absolute Gasteiger partial charge is 0.383 e. The summed E-state index contributed by atoms with van der Waals surface area (Å²) >= 11 is 0. The van der Waals surface area contributed by atoms with Crippen LogP contribution in [0.1, 0.15) is 31.2 Å². The van der Waals surface area contributed by atoms with E-state index >= 15 is 0 Å². The average Bonchev–Trinajstić information content (AvgIpc) is 2.55. The molecule has 3 rings (SSSR count). The summed E-state index contributed by atoms with van der Waals surface area (Å²) in [4.78, 5) is 15.6. The van der Waals surface area contributed by atoms with Crippen LogP contribution < -0.4 is 22.5 Å². The molecule has 0 amide bonds. The third kappa shape index (κ3) is 3.97. The lowest BCUT2D eigenvalue weighted by Crippen LogP contribution is -2.37. The first-order valence-electron chi connectivity index (χ1n) is 8.05. The van der Waals surface area contributed by atoms with Gasteiger partial charge in [0.15, 0.2) is 0 Å². The van der Waals surface area contributed by atoms with Crippen molar-refractivity contribution in [3.8, 4) is 5.69 Å². The second kappa shape index (κ2) is 6.93. The normalized spacial score (nSPS) is 21.3. The van der Waals surface area contributed by atoms with Gasteiger partial charge in [0.05, 0.1) is 5.69 Å². The van der Waals surface area contributed by atoms with Gasteiger partial charge >= 0.3 is 5.69 Å². The van der Waals surface area contributed by atoms with E-state index in [-0.39, 0.29) is 11.5 Å². The van der Waals surface area contributed by atoms with E-state index < -0.39 is 0 Å². The van der Waals surface area contributed by atoms with Gasteiger partial charge in [-0.1, -0.05) is 12.1 Å². The molecule has 0 bridgehead atoms. The van der Waals surface area contributed by atoms with Gasteiger partial charge in [0.1, 0.15) is 5.82 Å². The van der Waals surface area contributed by atoms with Crippen molar-refractivity contribution in [1.29, 1.82) is 0 Å². The number of nitrogen functional groups attached to an aromatic ring is 1. The lowest BCUT2D eigenvalue weighted by Gasteiger charge is -2.27. The minimum atomic E-state index is -0.366. The molecule has 1 saturated carbocycles. The van der Waals surface area contributed by atoms with Crippen LogP contribution in [-0.2, 0) is 6.54 Å². The van der Waals surface area contributed by atoms with Crippen LogP contribution in [0.25, 0.3) is 5.69 Å². The molecule has 0 unspecified atom stereocenters. The van der Waals surface area contributed by atoms with E-state index in [9.17, 15) is 4.79 Å². The van der Waals surface area contributed by atoms with Crippen molar-refractivity contribution in [2.75, 3.05) is 5.73 Å². The van der Waals surface area contributed by atoms with Gasteiger partial charge in [-0.25, -0.2) is 4.79 Å². The van der Waals surface area contributed by atoms with Crippen LogP contribution in [0.15, 0.2) is 41.3 Å². The summed E-state index contributed by atoms with van der Waals surface area (Å²) in [7, 11) is 0. The Kier molecular flexibility index (Phi) is 4.73. The highest BCUT2D eigenvalue weighted by atomic mass is 16.1. The molecule has 0 saturated heterocycles. The predicted octanol–water partition coefficient (Wildman–Crippen LogP) is 1.17. The second-order valence-corrected chi connectivity index (χ2v) is 6.16. The van der Waals surface area contributed by atoms with Gasteiger partial charge in [-0.3, -0.25) is 4.57 Å². The Hall–Kier alpha value is -2.18. The maximum Gasteiger partial charge on any atom is 0.354 e. The van der Waals surface area contributed by atoms with Crippen molar-refractivity contribution >= 4 is 5.82 Å². The highest BCUT2D eigenvalue weighted by Gasteiger charge is 2.17. The third-order valence-corrected chi connectivity index (χ3v) is 4.41. The molecular formula is C17H23N5O. The molecule has 1 heterocycles. The van der Waals surface area contributed by atoms with Gasteiger partial charge in [-0.2, -0.15) is 4.98 Å². The SMILES string of the molecule is Nc1ccn(-c2ccc(CN[C@H]3CC[C@H](N)CC3)cc2)c(=O)n1. The smallest absolute Gasteiger partial charge is 0.354 e. The van der Waals surface area contributed by atoms with Crippen molar-refractivity contribution in [1.82, 2.24) is 14.9 Å². The predicted molar refractivity (Wildman–Crippen MR) is 91.3 cm³/mol. The maximum absolute atomic E-state index is 11.8. The van der Waals surface area contributed by atoms with E-state index in [0.29, 0.717) is 12.1 Å². The molecule has 0 radical (unpaired) electrons. The van der Waals surface area contributed by atoms with Crippen LogP contribution in [0, 0.1) is 0 Å². The molecule has 5 N–H and O–H groups in total. The van der Waals surface area contributed by atoms with Crippen molar-refractivity contribution in [2.24, 2.45) is 5.73 Å². The fraction of sp³-hybridized carbons (Fsp3) is 0.412. The molecule has 0 aliphatic heterocycles. The second-order valence-electron chi connectivity index (χ2n) is 6.16. The molecule has 122 valence electrons. The molecule has 1 aromatic heterocycles. The summed E-state index contributed by atoms with van der Waals surface area (Å²) < 4.78 is 1.48. The Bertz CT molecular complexity index is 702. The topological polar surface area (TPSA) is 99.0 Å². The van der Waals surface area contributed by atoms with Crippen molar-refractivity contribution in [3.63, 3.8) is 0 Å². The lowest BCUT2D eigenvalue weighted by atomic mass is 9.92. The Morgan fingerprint density at radius 3 is 2.48 bits per heavy atom. The molecular weight excluding hydrogens is 290 g/mol. The number of nitrogens with zero attached hydrogens (tertiary/aromatic N) is 2. The highest BCUT2D eigenvalue weighted by Crippen LogP contribution is 2.17. The molecule has 0 atom stereocenters. The van der Waals surface area contributed by atoms with Gasteiger partial charge in [-0.15, -0.1) is 0 Å². The van der Waals surface area contributed by atoms with Crippen LogP contribution in [0.3, 0.4) is 0 Å². The molecule has 6 nitrogen and oxygen atoms in total. The Morgan fingerprint density at radius 1 is 1.13 bits per heavy atom. The number of nitrogens with one attached hydrogen (secondary N) is 1. The molecule has 2 aromatic rings. The standard InChI is InChI=1S/C17H23N5O/c18-13-3-5-14(6-4-13)20-11-12-1-7-15(8-2-12)22-10-9-16(19)21-17(22)23/h1-2,7-10,13-14,20H,3-6,11,18H2,(H2,19,21,23)/t13-,14-. The van der Waals surface area contributed by atoms with Crippen LogP contribution >= 0.6 is 0 Å². The van der Waals surface area contributed by atoms with Crippen molar-refractivity contribution < 1.29 is 0 Å². The summed E-state index contributed by atoms with van der Waals surface area (Å²) in [6.07, 6.45) is 6.13. The van der Waals surface area contributed by atoms with Gasteiger partial charge in [0.2, 0.25) is 0 Å². The fourth-order valence-corrected chi connectivity index (χ4v) is 2.97. The zero-order valence-electron chi connectivity index (χ0n) is 13.1. The fourth-order valence-electron chi connectivity index (χ4n) is 2.97. The van der Waals surface area contributed by atoms with Crippen molar-refractivity contribution in [2.45, 2.75) is 44.3 Å². The maximum atomic E-state index is 11.8. The summed E-state index contributed by atoms with van der Waals surface area (Å²) in [6, 6.07) is 10.4. The first-order valence-corrected chi connectivity index (χ1v) is 8.05. The van der Waals surface area contributed by atoms with Crippen LogP contribution in [0.2, 0.25) is 0 Å². The Morgan fingerprint density at radius 2 is 1.83 bits per heavy atom. The number of hydrogen-bond donors (Lipinski definition) is 3. The summed E-state index contributed by atoms with van der Waals surface area (Å²) in [5.74, 6) is 0.235. The minimum Gasteiger partial charge on any atom is -0.383 e. The summed E-state index contributed by atoms with van der Waals surface area (Å²) in [6.45, 7) is 0.828. The number of anilines is 1. The zero-order valence-corrected chi connectivity index (χ0v) is 13.1. The van der Waals surface area contributed by atoms with Crippen molar-refractivity contribution in [3.05, 3.63) is 52.6 Å². The molecule has 6 heteroatoms. The first kappa shape index (κ1) is 15.7. The van der Waals surface area contributed by atoms with E-state index in [1.54, 1.807) is 12.3 Å². The molecule has 1 fully saturated rings. The van der Waals surface area contributed by atoms with Crippen LogP contribution in [0.4, 0.5) is 5.82 Å². The Labute approximate surface area is 135 Å². The van der Waals surface area contributed by atoms with E-state index in [1.807, 2.05) is 24.3 Å². The summed E-state index contributed by atoms with van der Waals surface area (Å²) in [5, 5.41) is 3.58. The lowest BCUT2D eigenvalue weighted by molar-refractivity contribution is 0.342. The third-order valence-electron chi connectivity index (χ3n) is 4.41. The molecule has 23 heavy (non-hydrogen) atoms. The molecule has 1 aliphatic rings. The van der Waals surface area contributed by atoms with E-state index in [0.717, 1.165) is 37.9 Å². The Balaban J connectivity index is 1.62. The molecule has 1 aliphatic carbocycles. The van der Waals surface area contributed by atoms with E-state index in [2.05, 4.69) is 10.3 Å². The zero-order chi connectivity index (χ0) is 16.2. The monoisotopic (exact) mass is 313 g/mol. The number of benzene rings is 1.